The standard InChI is InChI=1S/C18H17NO4/c1-21-15-10-14(18(20)22-2)13-8-9-19-16(13)17(15)23-11-12-6-4-3-5-7-12/h3-10,19H,11H2,1-2H3. The van der Waals surface area contributed by atoms with Crippen LogP contribution in [-0.4, -0.2) is 25.2 Å². The van der Waals surface area contributed by atoms with Gasteiger partial charge < -0.3 is 19.2 Å². The number of H-pyrrole nitrogens is 1. The van der Waals surface area contributed by atoms with Crippen LogP contribution < -0.4 is 9.47 Å². The Balaban J connectivity index is 2.02. The summed E-state index contributed by atoms with van der Waals surface area (Å²) in [4.78, 5) is 15.1. The van der Waals surface area contributed by atoms with Gasteiger partial charge in [0.1, 0.15) is 6.61 Å². The van der Waals surface area contributed by atoms with E-state index in [1.165, 1.54) is 7.11 Å². The molecule has 0 saturated carbocycles. The van der Waals surface area contributed by atoms with Gasteiger partial charge in [0.15, 0.2) is 11.5 Å². The van der Waals surface area contributed by atoms with Crippen molar-refractivity contribution in [2.75, 3.05) is 14.2 Å². The number of hydrogen-bond acceptors (Lipinski definition) is 4. The predicted molar refractivity (Wildman–Crippen MR) is 87.0 cm³/mol. The molecule has 0 aliphatic heterocycles. The maximum Gasteiger partial charge on any atom is 0.338 e. The second kappa shape index (κ2) is 6.44. The minimum atomic E-state index is -0.414. The molecule has 5 nitrogen and oxygen atoms in total. The Bertz CT molecular complexity index is 824. The highest BCUT2D eigenvalue weighted by atomic mass is 16.5. The van der Waals surface area contributed by atoms with Gasteiger partial charge in [0.05, 0.1) is 25.3 Å². The fourth-order valence-corrected chi connectivity index (χ4v) is 2.48. The molecule has 1 aromatic heterocycles. The van der Waals surface area contributed by atoms with E-state index < -0.39 is 5.97 Å². The fourth-order valence-electron chi connectivity index (χ4n) is 2.48. The molecule has 0 radical (unpaired) electrons. The normalized spacial score (nSPS) is 10.5. The second-order valence-corrected chi connectivity index (χ2v) is 4.99. The van der Waals surface area contributed by atoms with Gasteiger partial charge in [-0.2, -0.15) is 0 Å². The van der Waals surface area contributed by atoms with Gasteiger partial charge in [-0.25, -0.2) is 4.79 Å². The largest absolute Gasteiger partial charge is 0.493 e. The molecular weight excluding hydrogens is 294 g/mol. The van der Waals surface area contributed by atoms with Crippen LogP contribution in [0, 0.1) is 0 Å². The molecule has 3 aromatic rings. The van der Waals surface area contributed by atoms with Crippen LogP contribution in [0.4, 0.5) is 0 Å². The van der Waals surface area contributed by atoms with Gasteiger partial charge in [0, 0.05) is 11.6 Å². The number of methoxy groups -OCH3 is 2. The molecule has 0 fully saturated rings. The second-order valence-electron chi connectivity index (χ2n) is 4.99. The maximum absolute atomic E-state index is 12.0. The van der Waals surface area contributed by atoms with E-state index in [0.29, 0.717) is 29.2 Å². The van der Waals surface area contributed by atoms with E-state index >= 15 is 0 Å². The Hall–Kier alpha value is -2.95. The van der Waals surface area contributed by atoms with Crippen molar-refractivity contribution in [3.63, 3.8) is 0 Å². The lowest BCUT2D eigenvalue weighted by Gasteiger charge is -2.14. The first-order valence-electron chi connectivity index (χ1n) is 7.17. The number of fused-ring (bicyclic) bond motifs is 1. The lowest BCUT2D eigenvalue weighted by Crippen LogP contribution is -2.04. The molecule has 0 aliphatic carbocycles. The Kier molecular flexibility index (Phi) is 4.19. The molecule has 0 unspecified atom stereocenters. The molecule has 118 valence electrons. The zero-order chi connectivity index (χ0) is 16.2. The molecule has 0 saturated heterocycles. The summed E-state index contributed by atoms with van der Waals surface area (Å²) < 4.78 is 16.2. The number of carbonyl (C=O) groups excluding carboxylic acids is 1. The molecule has 2 aromatic carbocycles. The zero-order valence-corrected chi connectivity index (χ0v) is 13.0. The number of hydrogen-bond donors (Lipinski definition) is 1. The van der Waals surface area contributed by atoms with Gasteiger partial charge in [0.2, 0.25) is 0 Å². The van der Waals surface area contributed by atoms with Crippen LogP contribution in [0.15, 0.2) is 48.7 Å². The molecule has 0 amide bonds. The number of rotatable bonds is 5. The van der Waals surface area contributed by atoms with Crippen LogP contribution in [0.5, 0.6) is 11.5 Å². The number of carbonyl (C=O) groups is 1. The Morgan fingerprint density at radius 3 is 2.61 bits per heavy atom. The molecular formula is C18H17NO4. The van der Waals surface area contributed by atoms with Gasteiger partial charge in [-0.1, -0.05) is 30.3 Å². The van der Waals surface area contributed by atoms with Crippen molar-refractivity contribution in [1.29, 1.82) is 0 Å². The number of nitrogens with one attached hydrogen (secondary N) is 1. The number of aromatic nitrogens is 1. The summed E-state index contributed by atoms with van der Waals surface area (Å²) in [6.07, 6.45) is 1.76. The molecule has 0 atom stereocenters. The molecule has 3 rings (SSSR count). The van der Waals surface area contributed by atoms with E-state index in [-0.39, 0.29) is 0 Å². The fraction of sp³-hybridized carbons (Fsp3) is 0.167. The molecule has 0 spiro atoms. The quantitative estimate of drug-likeness (QED) is 0.732. The number of esters is 1. The molecule has 0 bridgehead atoms. The lowest BCUT2D eigenvalue weighted by atomic mass is 10.1. The van der Waals surface area contributed by atoms with Crippen molar-refractivity contribution in [2.45, 2.75) is 6.61 Å². The monoisotopic (exact) mass is 311 g/mol. The van der Waals surface area contributed by atoms with E-state index in [4.69, 9.17) is 14.2 Å². The van der Waals surface area contributed by atoms with Crippen LogP contribution in [0.2, 0.25) is 0 Å². The summed E-state index contributed by atoms with van der Waals surface area (Å²) in [5.41, 5.74) is 2.19. The van der Waals surface area contributed by atoms with E-state index in [1.807, 2.05) is 36.4 Å². The van der Waals surface area contributed by atoms with Gasteiger partial charge in [-0.3, -0.25) is 0 Å². The Morgan fingerprint density at radius 1 is 1.13 bits per heavy atom. The van der Waals surface area contributed by atoms with E-state index in [2.05, 4.69) is 4.98 Å². The molecule has 1 heterocycles. The predicted octanol–water partition coefficient (Wildman–Crippen LogP) is 3.54. The van der Waals surface area contributed by atoms with Crippen molar-refractivity contribution >= 4 is 16.9 Å². The van der Waals surface area contributed by atoms with Crippen molar-refractivity contribution in [1.82, 2.24) is 4.98 Å². The molecule has 5 heteroatoms. The van der Waals surface area contributed by atoms with Crippen molar-refractivity contribution in [2.24, 2.45) is 0 Å². The number of ether oxygens (including phenoxy) is 3. The van der Waals surface area contributed by atoms with Crippen LogP contribution in [0.3, 0.4) is 0 Å². The summed E-state index contributed by atoms with van der Waals surface area (Å²) in [6.45, 7) is 0.406. The average molecular weight is 311 g/mol. The highest BCUT2D eigenvalue weighted by Crippen LogP contribution is 2.38. The SMILES string of the molecule is COC(=O)c1cc(OC)c(OCc2ccccc2)c2[nH]ccc12. The highest BCUT2D eigenvalue weighted by Gasteiger charge is 2.19. The van der Waals surface area contributed by atoms with Crippen LogP contribution >= 0.6 is 0 Å². The first-order valence-corrected chi connectivity index (χ1v) is 7.17. The van der Waals surface area contributed by atoms with E-state index in [1.54, 1.807) is 19.4 Å². The highest BCUT2D eigenvalue weighted by molar-refractivity contribution is 6.06. The van der Waals surface area contributed by atoms with E-state index in [9.17, 15) is 4.79 Å². The minimum Gasteiger partial charge on any atom is -0.493 e. The third kappa shape index (κ3) is 2.85. The summed E-state index contributed by atoms with van der Waals surface area (Å²) in [5.74, 6) is 0.641. The van der Waals surface area contributed by atoms with Crippen LogP contribution in [-0.2, 0) is 11.3 Å². The smallest absolute Gasteiger partial charge is 0.338 e. The molecule has 0 aliphatic rings. The summed E-state index contributed by atoms with van der Waals surface area (Å²) >= 11 is 0. The first kappa shape index (κ1) is 15.0. The Morgan fingerprint density at radius 2 is 1.91 bits per heavy atom. The van der Waals surface area contributed by atoms with Crippen molar-refractivity contribution in [3.05, 3.63) is 59.8 Å². The van der Waals surface area contributed by atoms with Crippen LogP contribution in [0.25, 0.3) is 10.9 Å². The number of benzene rings is 2. The summed E-state index contributed by atoms with van der Waals surface area (Å²) in [7, 11) is 2.90. The maximum atomic E-state index is 12.0. The van der Waals surface area contributed by atoms with Gasteiger partial charge in [-0.05, 0) is 17.7 Å². The van der Waals surface area contributed by atoms with Crippen molar-refractivity contribution < 1.29 is 19.0 Å². The van der Waals surface area contributed by atoms with Crippen LogP contribution in [0.1, 0.15) is 15.9 Å². The van der Waals surface area contributed by atoms with Gasteiger partial charge in [-0.15, -0.1) is 0 Å². The third-order valence-electron chi connectivity index (χ3n) is 3.61. The van der Waals surface area contributed by atoms with Gasteiger partial charge >= 0.3 is 5.97 Å². The minimum absolute atomic E-state index is 0.406. The topological polar surface area (TPSA) is 60.6 Å². The first-order chi connectivity index (χ1) is 11.2. The Labute approximate surface area is 133 Å². The lowest BCUT2D eigenvalue weighted by molar-refractivity contribution is 0.0602. The van der Waals surface area contributed by atoms with Crippen molar-refractivity contribution in [3.8, 4) is 11.5 Å². The molecule has 23 heavy (non-hydrogen) atoms. The van der Waals surface area contributed by atoms with E-state index in [0.717, 1.165) is 10.9 Å². The van der Waals surface area contributed by atoms with Gasteiger partial charge in [0.25, 0.3) is 0 Å². The number of aromatic amines is 1. The zero-order valence-electron chi connectivity index (χ0n) is 13.0. The summed E-state index contributed by atoms with van der Waals surface area (Å²) in [5, 5.41) is 0.737. The average Bonchev–Trinajstić information content (AvgIpc) is 3.09. The molecule has 1 N–H and O–H groups in total. The third-order valence-corrected chi connectivity index (χ3v) is 3.61. The summed E-state index contributed by atoms with van der Waals surface area (Å²) in [6, 6.07) is 13.3.